The van der Waals surface area contributed by atoms with Crippen LogP contribution < -0.4 is 9.47 Å². The molecule has 0 saturated carbocycles. The van der Waals surface area contributed by atoms with E-state index in [4.69, 9.17) is 19.6 Å². The van der Waals surface area contributed by atoms with Gasteiger partial charge in [0, 0.05) is 11.1 Å². The van der Waals surface area contributed by atoms with Crippen LogP contribution in [-0.2, 0) is 18.1 Å². The van der Waals surface area contributed by atoms with Crippen molar-refractivity contribution in [2.24, 2.45) is 5.16 Å². The average Bonchev–Trinajstić information content (AvgIpc) is 2.78. The number of benzene rings is 3. The number of ether oxygens (including phenoxy) is 2. The van der Waals surface area contributed by atoms with Crippen LogP contribution in [0.3, 0.4) is 0 Å². The normalized spacial score (nSPS) is 10.6. The van der Waals surface area contributed by atoms with Crippen LogP contribution in [0.1, 0.15) is 34.7 Å². The maximum atomic E-state index is 9.14. The van der Waals surface area contributed by atoms with E-state index in [9.17, 15) is 0 Å². The molecular weight excluding hydrogens is 456 g/mol. The predicted octanol–water partition coefficient (Wildman–Crippen LogP) is 6.16. The Hall–Kier alpha value is -3.30. The zero-order chi connectivity index (χ0) is 22.1. The minimum absolute atomic E-state index is 0.220. The summed E-state index contributed by atoms with van der Waals surface area (Å²) in [5.41, 5.74) is 4.46. The molecule has 0 radical (unpaired) electrons. The van der Waals surface area contributed by atoms with E-state index in [-0.39, 0.29) is 6.61 Å². The fourth-order valence-corrected chi connectivity index (χ4v) is 3.44. The van der Waals surface area contributed by atoms with E-state index in [0.717, 1.165) is 21.2 Å². The second kappa shape index (κ2) is 11.2. The van der Waals surface area contributed by atoms with E-state index < -0.39 is 0 Å². The smallest absolute Gasteiger partial charge is 0.175 e. The van der Waals surface area contributed by atoms with Gasteiger partial charge in [0.05, 0.1) is 28.9 Å². The molecule has 0 spiro atoms. The van der Waals surface area contributed by atoms with Crippen LogP contribution in [0.25, 0.3) is 0 Å². The Morgan fingerprint density at radius 3 is 2.55 bits per heavy atom. The fourth-order valence-electron chi connectivity index (χ4n) is 2.87. The van der Waals surface area contributed by atoms with Crippen LogP contribution in [-0.4, -0.2) is 12.8 Å². The van der Waals surface area contributed by atoms with Crippen LogP contribution in [0.2, 0.25) is 0 Å². The first-order valence-corrected chi connectivity index (χ1v) is 10.7. The molecule has 0 aliphatic heterocycles. The van der Waals surface area contributed by atoms with Gasteiger partial charge in [0.15, 0.2) is 11.5 Å². The van der Waals surface area contributed by atoms with Gasteiger partial charge in [-0.05, 0) is 53.5 Å². The molecule has 0 bridgehead atoms. The second-order valence-electron chi connectivity index (χ2n) is 6.81. The number of nitrogens with zero attached hydrogens (tertiary/aromatic N) is 2. The van der Waals surface area contributed by atoms with Crippen molar-refractivity contribution >= 4 is 22.1 Å². The van der Waals surface area contributed by atoms with E-state index in [1.807, 2.05) is 49.4 Å². The number of oxime groups is 1. The molecule has 0 N–H and O–H groups in total. The maximum Gasteiger partial charge on any atom is 0.175 e. The summed E-state index contributed by atoms with van der Waals surface area (Å²) in [5, 5.41) is 13.2. The van der Waals surface area contributed by atoms with Crippen LogP contribution in [0.15, 0.2) is 70.3 Å². The average molecular weight is 479 g/mol. The lowest BCUT2D eigenvalue weighted by molar-refractivity contribution is 0.132. The molecule has 0 aromatic heterocycles. The second-order valence-corrected chi connectivity index (χ2v) is 7.67. The Morgan fingerprint density at radius 1 is 1.03 bits per heavy atom. The number of aryl methyl sites for hydroxylation is 1. The predicted molar refractivity (Wildman–Crippen MR) is 124 cm³/mol. The third-order valence-electron chi connectivity index (χ3n) is 4.47. The van der Waals surface area contributed by atoms with E-state index >= 15 is 0 Å². The van der Waals surface area contributed by atoms with Gasteiger partial charge < -0.3 is 14.3 Å². The highest BCUT2D eigenvalue weighted by Crippen LogP contribution is 2.37. The Balaban J connectivity index is 1.69. The van der Waals surface area contributed by atoms with Gasteiger partial charge in [-0.1, -0.05) is 53.2 Å². The molecule has 3 rings (SSSR count). The van der Waals surface area contributed by atoms with Crippen LogP contribution in [0, 0.1) is 18.3 Å². The van der Waals surface area contributed by atoms with Gasteiger partial charge in [-0.3, -0.25) is 0 Å². The van der Waals surface area contributed by atoms with Crippen molar-refractivity contribution < 1.29 is 14.3 Å². The maximum absolute atomic E-state index is 9.14. The topological polar surface area (TPSA) is 63.8 Å². The monoisotopic (exact) mass is 478 g/mol. The van der Waals surface area contributed by atoms with E-state index in [1.54, 1.807) is 12.3 Å². The summed E-state index contributed by atoms with van der Waals surface area (Å²) >= 11 is 3.57. The summed E-state index contributed by atoms with van der Waals surface area (Å²) in [6.07, 6.45) is 1.60. The molecule has 0 atom stereocenters. The Bertz CT molecular complexity index is 1090. The molecule has 5 nitrogen and oxygen atoms in total. The number of rotatable bonds is 9. The quantitative estimate of drug-likeness (QED) is 0.273. The lowest BCUT2D eigenvalue weighted by atomic mass is 10.1. The van der Waals surface area contributed by atoms with Crippen molar-refractivity contribution in [1.82, 2.24) is 0 Å². The molecule has 3 aromatic rings. The lowest BCUT2D eigenvalue weighted by Gasteiger charge is -2.14. The highest BCUT2D eigenvalue weighted by Gasteiger charge is 2.12. The number of hydrogen-bond acceptors (Lipinski definition) is 5. The van der Waals surface area contributed by atoms with Crippen molar-refractivity contribution in [1.29, 1.82) is 5.26 Å². The van der Waals surface area contributed by atoms with Crippen molar-refractivity contribution in [3.8, 4) is 17.6 Å². The van der Waals surface area contributed by atoms with Gasteiger partial charge in [0.1, 0.15) is 13.2 Å². The van der Waals surface area contributed by atoms with Crippen molar-refractivity contribution in [2.45, 2.75) is 27.1 Å². The van der Waals surface area contributed by atoms with E-state index in [1.165, 1.54) is 5.56 Å². The molecule has 0 unspecified atom stereocenters. The fraction of sp³-hybridized carbons (Fsp3) is 0.200. The van der Waals surface area contributed by atoms with Crippen molar-refractivity contribution in [3.05, 3.63) is 93.0 Å². The van der Waals surface area contributed by atoms with Crippen LogP contribution in [0.4, 0.5) is 0 Å². The molecular formula is C25H23BrN2O3. The summed E-state index contributed by atoms with van der Waals surface area (Å²) in [6, 6.07) is 21.4. The summed E-state index contributed by atoms with van der Waals surface area (Å²) in [7, 11) is 0. The molecule has 6 heteroatoms. The minimum atomic E-state index is 0.220. The first-order chi connectivity index (χ1) is 15.1. The molecule has 0 amide bonds. The van der Waals surface area contributed by atoms with Gasteiger partial charge in [-0.2, -0.15) is 5.26 Å². The first kappa shape index (κ1) is 22.4. The molecule has 0 saturated heterocycles. The highest BCUT2D eigenvalue weighted by atomic mass is 79.9. The largest absolute Gasteiger partial charge is 0.490 e. The van der Waals surface area contributed by atoms with Gasteiger partial charge in [-0.15, -0.1) is 0 Å². The molecule has 0 aliphatic carbocycles. The zero-order valence-electron chi connectivity index (χ0n) is 17.5. The Kier molecular flexibility index (Phi) is 8.08. The number of nitriles is 1. The molecule has 3 aromatic carbocycles. The van der Waals surface area contributed by atoms with Gasteiger partial charge in [-0.25, -0.2) is 0 Å². The van der Waals surface area contributed by atoms with E-state index in [0.29, 0.717) is 30.3 Å². The highest BCUT2D eigenvalue weighted by molar-refractivity contribution is 9.10. The lowest BCUT2D eigenvalue weighted by Crippen LogP contribution is -2.01. The third kappa shape index (κ3) is 6.34. The Labute approximate surface area is 191 Å². The van der Waals surface area contributed by atoms with Gasteiger partial charge in [0.25, 0.3) is 0 Å². The van der Waals surface area contributed by atoms with Gasteiger partial charge >= 0.3 is 0 Å². The van der Waals surface area contributed by atoms with Crippen LogP contribution in [0.5, 0.6) is 11.5 Å². The molecule has 158 valence electrons. The van der Waals surface area contributed by atoms with E-state index in [2.05, 4.69) is 46.2 Å². The molecule has 0 heterocycles. The van der Waals surface area contributed by atoms with Crippen molar-refractivity contribution in [2.75, 3.05) is 6.61 Å². The summed E-state index contributed by atoms with van der Waals surface area (Å²) in [5.74, 6) is 1.27. The Morgan fingerprint density at radius 2 is 1.81 bits per heavy atom. The van der Waals surface area contributed by atoms with Crippen molar-refractivity contribution in [3.63, 3.8) is 0 Å². The third-order valence-corrected chi connectivity index (χ3v) is 5.06. The SMILES string of the molecule is CCOc1cc(/C=N\OCc2ccccc2C#N)cc(Br)c1OCc1ccc(C)cc1. The van der Waals surface area contributed by atoms with Gasteiger partial charge in [0.2, 0.25) is 0 Å². The summed E-state index contributed by atoms with van der Waals surface area (Å²) < 4.78 is 12.6. The number of hydrogen-bond donors (Lipinski definition) is 0. The first-order valence-electron chi connectivity index (χ1n) is 9.88. The molecule has 0 fully saturated rings. The minimum Gasteiger partial charge on any atom is -0.490 e. The zero-order valence-corrected chi connectivity index (χ0v) is 19.1. The number of halogens is 1. The molecule has 0 aliphatic rings. The standard InChI is InChI=1S/C25H23BrN2O3/c1-3-29-24-13-20(15-28-31-17-22-7-5-4-6-21(22)14-27)12-23(26)25(24)30-16-19-10-8-18(2)9-11-19/h4-13,15H,3,16-17H2,1-2H3/b28-15-. The molecule has 31 heavy (non-hydrogen) atoms. The summed E-state index contributed by atoms with van der Waals surface area (Å²) in [6.45, 7) is 5.15. The van der Waals surface area contributed by atoms with Crippen LogP contribution >= 0.6 is 15.9 Å². The summed E-state index contributed by atoms with van der Waals surface area (Å²) in [4.78, 5) is 5.38.